The molecule has 0 unspecified atom stereocenters. The fraction of sp³-hybridized carbons (Fsp3) is 0.222. The Morgan fingerprint density at radius 2 is 1.49 bits per heavy atom. The van der Waals surface area contributed by atoms with E-state index in [1.165, 1.54) is 45.9 Å². The van der Waals surface area contributed by atoms with Gasteiger partial charge < -0.3 is 0 Å². The maximum absolute atomic E-state index is 14.2. The van der Waals surface area contributed by atoms with Crippen LogP contribution in [0.2, 0.25) is 0 Å². The van der Waals surface area contributed by atoms with Crippen molar-refractivity contribution in [3.05, 3.63) is 125 Å². The van der Waals surface area contributed by atoms with Gasteiger partial charge in [0.15, 0.2) is 0 Å². The van der Waals surface area contributed by atoms with E-state index in [0.29, 0.717) is 11.7 Å². The molecule has 0 aliphatic carbocycles. The number of β-lactam (4-membered cyclic amide) rings is 1. The molecule has 256 valence electrons. The number of halogens is 1. The number of carbonyl (C=O) groups is 4. The summed E-state index contributed by atoms with van der Waals surface area (Å²) < 4.78 is 11.7. The number of thiophene rings is 1. The first-order chi connectivity index (χ1) is 23.3. The molecule has 1 fully saturated rings. The van der Waals surface area contributed by atoms with Crippen LogP contribution in [-0.2, 0) is 35.1 Å². The summed E-state index contributed by atoms with van der Waals surface area (Å²) in [6.45, 7) is 1.09. The SMILES string of the molecule is Br.CC(=O)OCC1=C(C(=O)O)N2C(=O)[C@@](NC(=O)Cc3cccs3)(OCC[PH](c3ccccc3)(c3ccccc3)c3ccccc3)[C@H]2SC1. The third kappa shape index (κ3) is 7.25. The van der Waals surface area contributed by atoms with Gasteiger partial charge in [-0.2, -0.15) is 0 Å². The molecule has 9 nitrogen and oxygen atoms in total. The molecule has 0 bridgehead atoms. The molecule has 0 spiro atoms. The average Bonchev–Trinajstić information content (AvgIpc) is 3.62. The first kappa shape index (κ1) is 36.5. The Hall–Kier alpha value is -3.80. The van der Waals surface area contributed by atoms with Crippen LogP contribution in [0, 0.1) is 0 Å². The summed E-state index contributed by atoms with van der Waals surface area (Å²) in [4.78, 5) is 53.6. The van der Waals surface area contributed by atoms with Gasteiger partial charge in [-0.05, 0) is 0 Å². The molecule has 2 N–H and O–H groups in total. The summed E-state index contributed by atoms with van der Waals surface area (Å²) in [5.74, 6) is -2.79. The molecule has 2 amide bonds. The standard InChI is InChI=1S/C36H35N2O7PS2.BrH/c1-25(39)44-23-26-24-48-35-36(34(43)38(35)32(26)33(41)42,37-31(40)22-30-18-11-21-47-30)45-19-20-46(27-12-5-2-6-13-27,28-14-7-3-8-15-28)29-16-9-4-10-17-29;/h2-18,21,35,46H,19-20,22-24H2,1H3,(H,37,40)(H,41,42);1H/t35-,36-;/m1./s1. The van der Waals surface area contributed by atoms with E-state index in [-0.39, 0.29) is 48.1 Å². The zero-order chi connectivity index (χ0) is 33.7. The van der Waals surface area contributed by atoms with Gasteiger partial charge in [-0.3, -0.25) is 0 Å². The van der Waals surface area contributed by atoms with Crippen LogP contribution in [0.25, 0.3) is 0 Å². The second-order valence-corrected chi connectivity index (χ2v) is 17.7. The van der Waals surface area contributed by atoms with Crippen LogP contribution >= 0.6 is 47.3 Å². The minimum atomic E-state index is -2.75. The number of ether oxygens (including phenoxy) is 2. The van der Waals surface area contributed by atoms with Crippen LogP contribution < -0.4 is 21.2 Å². The van der Waals surface area contributed by atoms with Crippen molar-refractivity contribution < 1.29 is 33.8 Å². The van der Waals surface area contributed by atoms with Gasteiger partial charge in [-0.1, -0.05) is 0 Å². The first-order valence-electron chi connectivity index (χ1n) is 15.4. The number of carbonyl (C=O) groups excluding carboxylic acids is 3. The topological polar surface area (TPSA) is 122 Å². The summed E-state index contributed by atoms with van der Waals surface area (Å²) in [5.41, 5.74) is -1.75. The van der Waals surface area contributed by atoms with Gasteiger partial charge in [-0.15, -0.1) is 17.0 Å². The quantitative estimate of drug-likeness (QED) is 0.0895. The van der Waals surface area contributed by atoms with E-state index >= 15 is 0 Å². The number of thioether (sulfide) groups is 1. The molecule has 3 heterocycles. The van der Waals surface area contributed by atoms with Crippen LogP contribution in [-0.4, -0.2) is 70.0 Å². The van der Waals surface area contributed by atoms with E-state index in [1.54, 1.807) is 0 Å². The average molecular weight is 784 g/mol. The molecule has 2 aliphatic rings. The van der Waals surface area contributed by atoms with Crippen molar-refractivity contribution in [1.29, 1.82) is 0 Å². The third-order valence-corrected chi connectivity index (χ3v) is 15.8. The van der Waals surface area contributed by atoms with Crippen LogP contribution in [0.3, 0.4) is 0 Å². The van der Waals surface area contributed by atoms with E-state index in [9.17, 15) is 24.3 Å². The number of carboxylic acids is 1. The number of fused-ring (bicyclic) bond motifs is 1. The normalized spacial score (nSPS) is 18.8. The number of nitrogens with zero attached hydrogens (tertiary/aromatic N) is 1. The molecule has 3 aromatic carbocycles. The number of hydrogen-bond donors (Lipinski definition) is 2. The predicted octanol–water partition coefficient (Wildman–Crippen LogP) is 4.24. The maximum atomic E-state index is 14.2. The molecule has 0 radical (unpaired) electrons. The Morgan fingerprint density at radius 3 is 1.98 bits per heavy atom. The Kier molecular flexibility index (Phi) is 11.8. The molecule has 2 aliphatic heterocycles. The fourth-order valence-corrected chi connectivity index (χ4v) is 13.1. The van der Waals surface area contributed by atoms with E-state index < -0.39 is 42.1 Å². The zero-order valence-electron chi connectivity index (χ0n) is 26.6. The summed E-state index contributed by atoms with van der Waals surface area (Å²) in [6.07, 6.45) is 0.584. The number of aliphatic carboxylic acids is 1. The van der Waals surface area contributed by atoms with Crippen molar-refractivity contribution in [2.24, 2.45) is 0 Å². The van der Waals surface area contributed by atoms with Crippen LogP contribution in [0.5, 0.6) is 0 Å². The third-order valence-electron chi connectivity index (χ3n) is 8.61. The van der Waals surface area contributed by atoms with Gasteiger partial charge >= 0.3 is 288 Å². The fourth-order valence-electron chi connectivity index (χ4n) is 6.46. The molecule has 1 aromatic heterocycles. The van der Waals surface area contributed by atoms with Crippen molar-refractivity contribution in [3.8, 4) is 0 Å². The Bertz CT molecular complexity index is 1730. The molecular weight excluding hydrogens is 747 g/mol. The van der Waals surface area contributed by atoms with Gasteiger partial charge in [0.2, 0.25) is 0 Å². The number of nitrogens with one attached hydrogen (secondary N) is 1. The number of benzene rings is 3. The van der Waals surface area contributed by atoms with Crippen molar-refractivity contribution in [1.82, 2.24) is 10.2 Å². The minimum absolute atomic E-state index is 0. The Labute approximate surface area is 303 Å². The number of esters is 1. The van der Waals surface area contributed by atoms with Crippen molar-refractivity contribution in [3.63, 3.8) is 0 Å². The second-order valence-electron chi connectivity index (χ2n) is 11.5. The summed E-state index contributed by atoms with van der Waals surface area (Å²) in [6, 6.07) is 34.6. The van der Waals surface area contributed by atoms with Gasteiger partial charge in [0.1, 0.15) is 0 Å². The zero-order valence-corrected chi connectivity index (χ0v) is 30.9. The second kappa shape index (κ2) is 15.8. The Balaban J connectivity index is 0.00000468. The molecule has 6 rings (SSSR count). The van der Waals surface area contributed by atoms with E-state index in [0.717, 1.165) is 9.78 Å². The van der Waals surface area contributed by atoms with Crippen LogP contribution in [0.1, 0.15) is 11.8 Å². The summed E-state index contributed by atoms with van der Waals surface area (Å²) >= 11 is 2.70. The predicted molar refractivity (Wildman–Crippen MR) is 201 cm³/mol. The number of hydrogen-bond acceptors (Lipinski definition) is 8. The van der Waals surface area contributed by atoms with Crippen molar-refractivity contribution in [2.75, 3.05) is 25.1 Å². The molecule has 1 saturated heterocycles. The monoisotopic (exact) mass is 782 g/mol. The molecule has 2 atom stereocenters. The molecule has 13 heteroatoms. The van der Waals surface area contributed by atoms with Gasteiger partial charge in [-0.25, -0.2) is 0 Å². The van der Waals surface area contributed by atoms with Gasteiger partial charge in [0.05, 0.1) is 0 Å². The van der Waals surface area contributed by atoms with Crippen molar-refractivity contribution in [2.45, 2.75) is 24.4 Å². The number of amides is 2. The summed E-state index contributed by atoms with van der Waals surface area (Å²) in [7, 11) is -2.75. The molecular formula is C36H36BrN2O7PS2. The van der Waals surface area contributed by atoms with E-state index in [1.807, 2.05) is 72.1 Å². The first-order valence-corrected chi connectivity index (χ1v) is 19.6. The van der Waals surface area contributed by atoms with E-state index in [2.05, 4.69) is 41.7 Å². The number of rotatable bonds is 13. The number of carboxylic acid groups (broad SMARTS) is 1. The van der Waals surface area contributed by atoms with Gasteiger partial charge in [0, 0.05) is 0 Å². The van der Waals surface area contributed by atoms with Crippen molar-refractivity contribution >= 4 is 87.0 Å². The van der Waals surface area contributed by atoms with Gasteiger partial charge in [0.25, 0.3) is 0 Å². The van der Waals surface area contributed by atoms with Crippen LogP contribution in [0.4, 0.5) is 0 Å². The Morgan fingerprint density at radius 1 is 0.918 bits per heavy atom. The molecule has 49 heavy (non-hydrogen) atoms. The molecule has 0 saturated carbocycles. The van der Waals surface area contributed by atoms with Crippen LogP contribution in [0.15, 0.2) is 120 Å². The summed E-state index contributed by atoms with van der Waals surface area (Å²) in [5, 5.41) is 17.6. The van der Waals surface area contributed by atoms with E-state index in [4.69, 9.17) is 9.47 Å². The molecule has 4 aromatic rings.